The number of nitrogens with two attached hydrogens (primary N) is 1. The summed E-state index contributed by atoms with van der Waals surface area (Å²) >= 11 is 0. The van der Waals surface area contributed by atoms with Crippen molar-refractivity contribution in [3.63, 3.8) is 0 Å². The smallest absolute Gasteiger partial charge is 0.101 e. The van der Waals surface area contributed by atoms with Crippen molar-refractivity contribution in [2.45, 2.75) is 39.2 Å². The molecule has 0 aliphatic heterocycles. The zero-order valence-electron chi connectivity index (χ0n) is 11.1. The van der Waals surface area contributed by atoms with Gasteiger partial charge in [-0.05, 0) is 49.3 Å². The maximum absolute atomic E-state index is 8.98. The molecular weight excluding hydrogens is 222 g/mol. The highest BCUT2D eigenvalue weighted by molar-refractivity contribution is 5.62. The molecule has 3 N–H and O–H groups in total. The Morgan fingerprint density at radius 3 is 2.78 bits per heavy atom. The lowest BCUT2D eigenvalue weighted by atomic mass is 9.80. The summed E-state index contributed by atoms with van der Waals surface area (Å²) in [6.45, 7) is 4.62. The van der Waals surface area contributed by atoms with E-state index in [0.717, 1.165) is 11.6 Å². The van der Waals surface area contributed by atoms with Gasteiger partial charge in [-0.15, -0.1) is 0 Å². The Morgan fingerprint density at radius 1 is 1.33 bits per heavy atom. The highest BCUT2D eigenvalue weighted by Crippen LogP contribution is 2.31. The molecule has 2 rings (SSSR count). The van der Waals surface area contributed by atoms with E-state index in [0.29, 0.717) is 23.2 Å². The quantitative estimate of drug-likeness (QED) is 0.783. The van der Waals surface area contributed by atoms with E-state index in [1.807, 2.05) is 12.1 Å². The molecule has 0 spiro atoms. The van der Waals surface area contributed by atoms with Crippen molar-refractivity contribution < 1.29 is 0 Å². The SMILES string of the molecule is CC1CCC(Nc2ccc(N)c(C#N)c2)C(C)C1. The van der Waals surface area contributed by atoms with E-state index < -0.39 is 0 Å². The summed E-state index contributed by atoms with van der Waals surface area (Å²) in [4.78, 5) is 0. The van der Waals surface area contributed by atoms with E-state index in [4.69, 9.17) is 11.0 Å². The van der Waals surface area contributed by atoms with Crippen LogP contribution in [0.2, 0.25) is 0 Å². The summed E-state index contributed by atoms with van der Waals surface area (Å²) in [5.74, 6) is 1.51. The van der Waals surface area contributed by atoms with Crippen molar-refractivity contribution in [2.24, 2.45) is 11.8 Å². The molecule has 0 heterocycles. The lowest BCUT2D eigenvalue weighted by molar-refractivity contribution is 0.276. The monoisotopic (exact) mass is 243 g/mol. The Morgan fingerprint density at radius 2 is 2.11 bits per heavy atom. The predicted octanol–water partition coefficient (Wildman–Crippen LogP) is 3.38. The Labute approximate surface area is 109 Å². The average molecular weight is 243 g/mol. The first kappa shape index (κ1) is 12.8. The zero-order chi connectivity index (χ0) is 13.1. The van der Waals surface area contributed by atoms with Gasteiger partial charge in [0.15, 0.2) is 0 Å². The first-order valence-corrected chi connectivity index (χ1v) is 6.66. The van der Waals surface area contributed by atoms with Gasteiger partial charge in [-0.2, -0.15) is 5.26 Å². The Kier molecular flexibility index (Phi) is 3.76. The van der Waals surface area contributed by atoms with E-state index in [2.05, 4.69) is 25.2 Å². The molecule has 0 saturated heterocycles. The highest BCUT2D eigenvalue weighted by Gasteiger charge is 2.25. The van der Waals surface area contributed by atoms with Crippen molar-refractivity contribution in [1.82, 2.24) is 0 Å². The fraction of sp³-hybridized carbons (Fsp3) is 0.533. The van der Waals surface area contributed by atoms with Gasteiger partial charge in [-0.3, -0.25) is 0 Å². The molecule has 0 aromatic heterocycles. The van der Waals surface area contributed by atoms with Crippen molar-refractivity contribution >= 4 is 11.4 Å². The van der Waals surface area contributed by atoms with Crippen LogP contribution in [0.15, 0.2) is 18.2 Å². The van der Waals surface area contributed by atoms with Crippen molar-refractivity contribution in [2.75, 3.05) is 11.1 Å². The molecule has 0 radical (unpaired) electrons. The molecular formula is C15H21N3. The largest absolute Gasteiger partial charge is 0.398 e. The number of nitriles is 1. The number of anilines is 2. The number of hydrogen-bond donors (Lipinski definition) is 2. The van der Waals surface area contributed by atoms with Gasteiger partial charge >= 0.3 is 0 Å². The first-order chi connectivity index (χ1) is 8.60. The minimum Gasteiger partial charge on any atom is -0.398 e. The Bertz CT molecular complexity index is 461. The molecule has 18 heavy (non-hydrogen) atoms. The topological polar surface area (TPSA) is 61.8 Å². The van der Waals surface area contributed by atoms with E-state index in [1.165, 1.54) is 19.3 Å². The summed E-state index contributed by atoms with van der Waals surface area (Å²) in [6.07, 6.45) is 3.76. The van der Waals surface area contributed by atoms with Gasteiger partial charge in [0.1, 0.15) is 6.07 Å². The average Bonchev–Trinajstić information content (AvgIpc) is 2.35. The third-order valence-corrected chi connectivity index (χ3v) is 3.96. The molecule has 0 bridgehead atoms. The van der Waals surface area contributed by atoms with E-state index in [-0.39, 0.29) is 0 Å². The summed E-state index contributed by atoms with van der Waals surface area (Å²) in [6, 6.07) is 8.25. The fourth-order valence-electron chi connectivity index (χ4n) is 2.84. The fourth-order valence-corrected chi connectivity index (χ4v) is 2.84. The zero-order valence-corrected chi connectivity index (χ0v) is 11.1. The van der Waals surface area contributed by atoms with Crippen LogP contribution in [-0.4, -0.2) is 6.04 Å². The van der Waals surface area contributed by atoms with Crippen LogP contribution in [0.1, 0.15) is 38.7 Å². The van der Waals surface area contributed by atoms with Crippen LogP contribution in [0, 0.1) is 23.2 Å². The molecule has 3 unspecified atom stereocenters. The number of hydrogen-bond acceptors (Lipinski definition) is 3. The molecule has 3 nitrogen and oxygen atoms in total. The molecule has 1 fully saturated rings. The third-order valence-electron chi connectivity index (χ3n) is 3.96. The normalized spacial score (nSPS) is 27.5. The lowest BCUT2D eigenvalue weighted by Gasteiger charge is -2.33. The van der Waals surface area contributed by atoms with Gasteiger partial charge in [0.2, 0.25) is 0 Å². The molecule has 3 atom stereocenters. The van der Waals surface area contributed by atoms with E-state index in [1.54, 1.807) is 6.07 Å². The van der Waals surface area contributed by atoms with Gasteiger partial charge in [0.05, 0.1) is 5.56 Å². The summed E-state index contributed by atoms with van der Waals surface area (Å²) in [5.41, 5.74) is 7.84. The summed E-state index contributed by atoms with van der Waals surface area (Å²) < 4.78 is 0. The molecule has 0 amide bonds. The number of nitrogens with one attached hydrogen (secondary N) is 1. The van der Waals surface area contributed by atoms with Crippen molar-refractivity contribution in [3.8, 4) is 6.07 Å². The van der Waals surface area contributed by atoms with Crippen LogP contribution in [0.5, 0.6) is 0 Å². The van der Waals surface area contributed by atoms with Crippen LogP contribution < -0.4 is 11.1 Å². The molecule has 1 aromatic rings. The van der Waals surface area contributed by atoms with Gasteiger partial charge < -0.3 is 11.1 Å². The molecule has 1 aliphatic carbocycles. The minimum atomic E-state index is 0.511. The number of benzene rings is 1. The third kappa shape index (κ3) is 2.76. The standard InChI is InChI=1S/C15H21N3/c1-10-3-6-15(11(2)7-10)18-13-4-5-14(17)12(8-13)9-16/h4-5,8,10-11,15,18H,3,6-7,17H2,1-2H3. The maximum atomic E-state index is 8.98. The van der Waals surface area contributed by atoms with Crippen LogP contribution >= 0.6 is 0 Å². The van der Waals surface area contributed by atoms with Gasteiger partial charge in [0.25, 0.3) is 0 Å². The van der Waals surface area contributed by atoms with Crippen LogP contribution in [0.4, 0.5) is 11.4 Å². The van der Waals surface area contributed by atoms with E-state index in [9.17, 15) is 0 Å². The second kappa shape index (κ2) is 5.30. The maximum Gasteiger partial charge on any atom is 0.101 e. The van der Waals surface area contributed by atoms with Gasteiger partial charge in [-0.25, -0.2) is 0 Å². The van der Waals surface area contributed by atoms with Crippen LogP contribution in [-0.2, 0) is 0 Å². The van der Waals surface area contributed by atoms with Gasteiger partial charge in [0, 0.05) is 17.4 Å². The summed E-state index contributed by atoms with van der Waals surface area (Å²) in [7, 11) is 0. The number of nitrogens with zero attached hydrogens (tertiary/aromatic N) is 1. The lowest BCUT2D eigenvalue weighted by Crippen LogP contribution is -2.33. The highest BCUT2D eigenvalue weighted by atomic mass is 14.9. The van der Waals surface area contributed by atoms with Crippen molar-refractivity contribution in [1.29, 1.82) is 5.26 Å². The molecule has 1 aromatic carbocycles. The number of rotatable bonds is 2. The van der Waals surface area contributed by atoms with E-state index >= 15 is 0 Å². The van der Waals surface area contributed by atoms with Crippen LogP contribution in [0.25, 0.3) is 0 Å². The van der Waals surface area contributed by atoms with Crippen LogP contribution in [0.3, 0.4) is 0 Å². The van der Waals surface area contributed by atoms with Gasteiger partial charge in [-0.1, -0.05) is 13.8 Å². The number of nitrogen functional groups attached to an aromatic ring is 1. The second-order valence-electron chi connectivity index (χ2n) is 5.56. The Balaban J connectivity index is 2.08. The molecule has 1 saturated carbocycles. The first-order valence-electron chi connectivity index (χ1n) is 6.66. The molecule has 1 aliphatic rings. The molecule has 3 heteroatoms. The van der Waals surface area contributed by atoms with Crippen molar-refractivity contribution in [3.05, 3.63) is 23.8 Å². The second-order valence-corrected chi connectivity index (χ2v) is 5.56. The minimum absolute atomic E-state index is 0.511. The molecule has 96 valence electrons. The predicted molar refractivity (Wildman–Crippen MR) is 75.2 cm³/mol. The Hall–Kier alpha value is -1.69. The summed E-state index contributed by atoms with van der Waals surface area (Å²) in [5, 5.41) is 12.5.